The highest BCUT2D eigenvalue weighted by Gasteiger charge is 2.04. The number of pyridine rings is 1. The minimum atomic E-state index is -0.715. The van der Waals surface area contributed by atoms with Gasteiger partial charge in [-0.15, -0.1) is 0 Å². The lowest BCUT2D eigenvalue weighted by molar-refractivity contribution is 0.0975. The van der Waals surface area contributed by atoms with E-state index in [-0.39, 0.29) is 6.61 Å². The molecule has 0 bridgehead atoms. The molecule has 0 aliphatic heterocycles. The van der Waals surface area contributed by atoms with Crippen molar-refractivity contribution in [1.29, 1.82) is 0 Å². The zero-order valence-electron chi connectivity index (χ0n) is 11.9. The van der Waals surface area contributed by atoms with Crippen molar-refractivity contribution in [2.45, 2.75) is 12.5 Å². The number of fused-ring (bicyclic) bond motifs is 1. The van der Waals surface area contributed by atoms with Crippen LogP contribution in [0.1, 0.15) is 6.42 Å². The summed E-state index contributed by atoms with van der Waals surface area (Å²) in [6.45, 7) is 0.147. The van der Waals surface area contributed by atoms with Crippen molar-refractivity contribution in [3.63, 3.8) is 0 Å². The summed E-state index contributed by atoms with van der Waals surface area (Å²) in [7, 11) is 1.62. The quantitative estimate of drug-likeness (QED) is 0.762. The van der Waals surface area contributed by atoms with Crippen LogP contribution in [0.15, 0.2) is 42.6 Å². The largest absolute Gasteiger partial charge is 0.497 e. The normalized spacial score (nSPS) is 12.7. The summed E-state index contributed by atoms with van der Waals surface area (Å²) in [5.41, 5.74) is 0.841. The Labute approximate surface area is 123 Å². The van der Waals surface area contributed by atoms with Gasteiger partial charge < -0.3 is 19.7 Å². The van der Waals surface area contributed by atoms with Crippen molar-refractivity contribution < 1.29 is 19.7 Å². The van der Waals surface area contributed by atoms with Crippen LogP contribution in [0.4, 0.5) is 0 Å². The average Bonchev–Trinajstić information content (AvgIpc) is 2.53. The molecule has 2 N–H and O–H groups in total. The minimum absolute atomic E-state index is 0.236. The summed E-state index contributed by atoms with van der Waals surface area (Å²) in [6, 6.07) is 7.43. The molecule has 0 fully saturated rings. The average molecular weight is 289 g/mol. The van der Waals surface area contributed by atoms with Crippen molar-refractivity contribution in [2.24, 2.45) is 0 Å². The first kappa shape index (κ1) is 15.3. The number of nitrogens with zero attached hydrogens (tertiary/aromatic N) is 1. The van der Waals surface area contributed by atoms with Crippen LogP contribution in [-0.4, -0.2) is 41.6 Å². The minimum Gasteiger partial charge on any atom is -0.497 e. The van der Waals surface area contributed by atoms with Gasteiger partial charge in [-0.05, 0) is 30.7 Å². The predicted molar refractivity (Wildman–Crippen MR) is 80.6 cm³/mol. The Kier molecular flexibility index (Phi) is 5.54. The van der Waals surface area contributed by atoms with E-state index >= 15 is 0 Å². The third-order valence-corrected chi connectivity index (χ3v) is 3.03. The van der Waals surface area contributed by atoms with Crippen LogP contribution in [0, 0.1) is 0 Å². The maximum absolute atomic E-state index is 9.21. The molecule has 1 aromatic carbocycles. The molecule has 1 aromatic heterocycles. The van der Waals surface area contributed by atoms with Gasteiger partial charge in [-0.2, -0.15) is 0 Å². The fourth-order valence-electron chi connectivity index (χ4n) is 1.89. The molecule has 0 amide bonds. The van der Waals surface area contributed by atoms with E-state index in [9.17, 15) is 5.11 Å². The molecule has 1 atom stereocenters. The zero-order chi connectivity index (χ0) is 15.1. The van der Waals surface area contributed by atoms with Crippen molar-refractivity contribution in [3.8, 4) is 11.5 Å². The second-order valence-corrected chi connectivity index (χ2v) is 4.55. The Bertz CT molecular complexity index is 612. The van der Waals surface area contributed by atoms with Gasteiger partial charge in [0, 0.05) is 11.6 Å². The molecule has 0 radical (unpaired) electrons. The highest BCUT2D eigenvalue weighted by Crippen LogP contribution is 2.27. The summed E-state index contributed by atoms with van der Waals surface area (Å²) in [5.74, 6) is 1.48. The number of benzene rings is 1. The van der Waals surface area contributed by atoms with Gasteiger partial charge in [-0.25, -0.2) is 0 Å². The van der Waals surface area contributed by atoms with E-state index in [4.69, 9.17) is 14.6 Å². The molecule has 0 saturated carbocycles. The van der Waals surface area contributed by atoms with Gasteiger partial charge in [-0.1, -0.05) is 12.2 Å². The molecule has 2 rings (SSSR count). The number of rotatable bonds is 7. The first-order chi connectivity index (χ1) is 10.2. The van der Waals surface area contributed by atoms with Gasteiger partial charge in [0.15, 0.2) is 0 Å². The number of hydrogen-bond donors (Lipinski definition) is 2. The lowest BCUT2D eigenvalue weighted by Crippen LogP contribution is -2.09. The van der Waals surface area contributed by atoms with E-state index in [0.717, 1.165) is 22.4 Å². The maximum atomic E-state index is 9.21. The van der Waals surface area contributed by atoms with Crippen LogP contribution in [0.3, 0.4) is 0 Å². The molecule has 0 unspecified atom stereocenters. The van der Waals surface area contributed by atoms with Crippen molar-refractivity contribution in [3.05, 3.63) is 42.6 Å². The zero-order valence-corrected chi connectivity index (χ0v) is 11.9. The summed E-state index contributed by atoms with van der Waals surface area (Å²) < 4.78 is 10.9. The predicted octanol–water partition coefficient (Wildman–Crippen LogP) is 1.92. The van der Waals surface area contributed by atoms with Crippen molar-refractivity contribution >= 4 is 10.9 Å². The molecule has 0 saturated heterocycles. The third kappa shape index (κ3) is 4.18. The number of hydrogen-bond acceptors (Lipinski definition) is 5. The first-order valence-corrected chi connectivity index (χ1v) is 6.74. The van der Waals surface area contributed by atoms with E-state index < -0.39 is 6.10 Å². The maximum Gasteiger partial charge on any atom is 0.130 e. The summed E-state index contributed by atoms with van der Waals surface area (Å²) in [6.07, 6.45) is 4.98. The molecular formula is C16H19NO4. The number of aliphatic hydroxyl groups is 2. The Morgan fingerprint density at radius 3 is 2.90 bits per heavy atom. The van der Waals surface area contributed by atoms with Gasteiger partial charge in [0.25, 0.3) is 0 Å². The second-order valence-electron chi connectivity index (χ2n) is 4.55. The standard InChI is InChI=1S/C16H19NO4/c1-20-13-5-6-15-14(10-13)16(7-8-17-15)21-9-3-2-4-12(19)11-18/h2-3,5-8,10,12,18-19H,4,9,11H2,1H3/b3-2+/t12-/m1/s1. The molecule has 112 valence electrons. The first-order valence-electron chi connectivity index (χ1n) is 6.74. The fourth-order valence-corrected chi connectivity index (χ4v) is 1.89. The number of aromatic nitrogens is 1. The Morgan fingerprint density at radius 1 is 1.29 bits per heavy atom. The van der Waals surface area contributed by atoms with Crippen LogP contribution in [0.2, 0.25) is 0 Å². The Morgan fingerprint density at radius 2 is 2.14 bits per heavy atom. The lowest BCUT2D eigenvalue weighted by atomic mass is 10.2. The topological polar surface area (TPSA) is 71.8 Å². The SMILES string of the molecule is COc1ccc2nccc(OC/C=C/C[C@@H](O)CO)c2c1. The van der Waals surface area contributed by atoms with E-state index in [1.165, 1.54) is 0 Å². The van der Waals surface area contributed by atoms with Crippen LogP contribution in [0.5, 0.6) is 11.5 Å². The van der Waals surface area contributed by atoms with Gasteiger partial charge in [0.1, 0.15) is 18.1 Å². The number of methoxy groups -OCH3 is 1. The second kappa shape index (κ2) is 7.61. The molecule has 21 heavy (non-hydrogen) atoms. The van der Waals surface area contributed by atoms with Crippen LogP contribution in [0.25, 0.3) is 10.9 Å². The highest BCUT2D eigenvalue weighted by atomic mass is 16.5. The van der Waals surface area contributed by atoms with Crippen molar-refractivity contribution in [2.75, 3.05) is 20.3 Å². The van der Waals surface area contributed by atoms with Gasteiger partial charge in [0.05, 0.1) is 25.3 Å². The van der Waals surface area contributed by atoms with Crippen LogP contribution >= 0.6 is 0 Å². The highest BCUT2D eigenvalue weighted by molar-refractivity contribution is 5.86. The van der Waals surface area contributed by atoms with Crippen LogP contribution < -0.4 is 9.47 Å². The van der Waals surface area contributed by atoms with E-state index in [1.807, 2.05) is 24.3 Å². The molecule has 0 aliphatic rings. The molecule has 0 aliphatic carbocycles. The molecule has 2 aromatic rings. The summed E-state index contributed by atoms with van der Waals surface area (Å²) in [5, 5.41) is 18.8. The fraction of sp³-hybridized carbons (Fsp3) is 0.312. The summed E-state index contributed by atoms with van der Waals surface area (Å²) in [4.78, 5) is 4.28. The number of aliphatic hydroxyl groups excluding tert-OH is 2. The molecular weight excluding hydrogens is 270 g/mol. The molecule has 0 spiro atoms. The van der Waals surface area contributed by atoms with E-state index in [1.54, 1.807) is 25.4 Å². The molecule has 1 heterocycles. The van der Waals surface area contributed by atoms with Crippen LogP contribution in [-0.2, 0) is 0 Å². The lowest BCUT2D eigenvalue weighted by Gasteiger charge is -2.08. The third-order valence-electron chi connectivity index (χ3n) is 3.03. The Hall–Kier alpha value is -2.11. The van der Waals surface area contributed by atoms with E-state index in [0.29, 0.717) is 13.0 Å². The van der Waals surface area contributed by atoms with Gasteiger partial charge >= 0.3 is 0 Å². The summed E-state index contributed by atoms with van der Waals surface area (Å²) >= 11 is 0. The smallest absolute Gasteiger partial charge is 0.130 e. The van der Waals surface area contributed by atoms with Gasteiger partial charge in [0.2, 0.25) is 0 Å². The Balaban J connectivity index is 2.04. The molecule has 5 heteroatoms. The molecule has 5 nitrogen and oxygen atoms in total. The monoisotopic (exact) mass is 289 g/mol. The van der Waals surface area contributed by atoms with E-state index in [2.05, 4.69) is 4.98 Å². The number of ether oxygens (including phenoxy) is 2. The van der Waals surface area contributed by atoms with Crippen molar-refractivity contribution in [1.82, 2.24) is 4.98 Å². The van der Waals surface area contributed by atoms with Gasteiger partial charge in [-0.3, -0.25) is 4.98 Å².